The van der Waals surface area contributed by atoms with Gasteiger partial charge in [-0.05, 0) is 0 Å². The van der Waals surface area contributed by atoms with Gasteiger partial charge in [-0.2, -0.15) is 0 Å². The van der Waals surface area contributed by atoms with Crippen LogP contribution in [0.5, 0.6) is 0 Å². The van der Waals surface area contributed by atoms with Gasteiger partial charge in [0.05, 0.1) is 0 Å². The Balaban J connectivity index is 4.13. The van der Waals surface area contributed by atoms with Crippen molar-refractivity contribution in [2.45, 2.75) is 13.8 Å². The van der Waals surface area contributed by atoms with Gasteiger partial charge in [-0.1, -0.05) is 0 Å². The predicted molar refractivity (Wildman–Crippen MR) is 37.2 cm³/mol. The first-order chi connectivity index (χ1) is 4.22. The van der Waals surface area contributed by atoms with Crippen molar-refractivity contribution in [3.63, 3.8) is 0 Å². The molecule has 0 aromatic carbocycles. The zero-order chi connectivity index (χ0) is 7.28. The van der Waals surface area contributed by atoms with Crippen molar-refractivity contribution in [2.75, 3.05) is 0 Å². The molecule has 0 atom stereocenters. The third kappa shape index (κ3) is 3.44. The summed E-state index contributed by atoms with van der Waals surface area (Å²) in [5.74, 6) is 0.412. The summed E-state index contributed by atoms with van der Waals surface area (Å²) >= 11 is 2.28. The zero-order valence-corrected chi connectivity index (χ0v) is 7.10. The molecule has 0 bridgehead atoms. The van der Waals surface area contributed by atoms with E-state index in [9.17, 15) is 0 Å². The summed E-state index contributed by atoms with van der Waals surface area (Å²) in [6, 6.07) is 0. The van der Waals surface area contributed by atoms with Crippen molar-refractivity contribution < 1.29 is 17.0 Å². The Hall–Kier alpha value is -0.136. The van der Waals surface area contributed by atoms with E-state index in [4.69, 9.17) is 6.58 Å². The number of aliphatic imine (C=N–C) groups is 1. The molecule has 0 aliphatic carbocycles. The Bertz CT molecular complexity index is 136. The molecule has 0 fully saturated rings. The second kappa shape index (κ2) is 4.72. The van der Waals surface area contributed by atoms with Crippen LogP contribution in [-0.2, 0) is 17.0 Å². The van der Waals surface area contributed by atoms with E-state index in [1.165, 1.54) is 6.08 Å². The van der Waals surface area contributed by atoms with Gasteiger partial charge in [-0.25, -0.2) is 0 Å². The Kier molecular flexibility index (Phi) is 4.64. The van der Waals surface area contributed by atoms with Crippen LogP contribution in [0.1, 0.15) is 13.8 Å². The van der Waals surface area contributed by atoms with Gasteiger partial charge >= 0.3 is 65.0 Å². The molecule has 0 amide bonds. The van der Waals surface area contributed by atoms with E-state index < -0.39 is 0 Å². The number of hydrogen-bond acceptors (Lipinski definition) is 1. The van der Waals surface area contributed by atoms with Crippen LogP contribution in [0, 0.1) is 12.5 Å². The van der Waals surface area contributed by atoms with Gasteiger partial charge in [-0.3, -0.25) is 0 Å². The van der Waals surface area contributed by atoms with E-state index in [0.29, 0.717) is 5.92 Å². The van der Waals surface area contributed by atoms with Crippen molar-refractivity contribution in [2.24, 2.45) is 10.9 Å². The van der Waals surface area contributed by atoms with E-state index in [-0.39, 0.29) is 0 Å². The molecule has 0 spiro atoms. The molecular formula is C7H10NV-. The molecule has 0 aromatic heterocycles. The van der Waals surface area contributed by atoms with E-state index in [2.05, 4.69) is 35.8 Å². The third-order valence-corrected chi connectivity index (χ3v) is 1.15. The Morgan fingerprint density at radius 3 is 2.33 bits per heavy atom. The van der Waals surface area contributed by atoms with Crippen LogP contribution in [0.25, 0.3) is 0 Å². The predicted octanol–water partition coefficient (Wildman–Crippen LogP) is 1.38. The van der Waals surface area contributed by atoms with Crippen LogP contribution >= 0.6 is 0 Å². The fraction of sp³-hybridized carbons (Fsp3) is 0.429. The number of allylic oxidation sites excluding steroid dienone is 1. The summed E-state index contributed by atoms with van der Waals surface area (Å²) in [5.41, 5.74) is 0.927. The van der Waals surface area contributed by atoms with Crippen molar-refractivity contribution >= 4 is 10.6 Å². The molecule has 0 radical (unpaired) electrons. The zero-order valence-electron chi connectivity index (χ0n) is 5.70. The van der Waals surface area contributed by atoms with Crippen LogP contribution in [0.4, 0.5) is 0 Å². The van der Waals surface area contributed by atoms with Crippen molar-refractivity contribution in [1.29, 1.82) is 0 Å². The van der Waals surface area contributed by atoms with Gasteiger partial charge in [0, 0.05) is 0 Å². The third-order valence-electron chi connectivity index (χ3n) is 0.969. The van der Waals surface area contributed by atoms with Crippen LogP contribution in [0.2, 0.25) is 0 Å². The van der Waals surface area contributed by atoms with Crippen LogP contribution in [0.3, 0.4) is 0 Å². The molecule has 0 N–H and O–H groups in total. The molecule has 0 heterocycles. The fourth-order valence-corrected chi connectivity index (χ4v) is 0.659. The molecule has 0 aliphatic heterocycles. The first-order valence-electron chi connectivity index (χ1n) is 2.81. The van der Waals surface area contributed by atoms with Crippen molar-refractivity contribution in [3.8, 4) is 0 Å². The first-order valence-corrected chi connectivity index (χ1v) is 3.61. The molecule has 0 rings (SSSR count). The second-order valence-corrected chi connectivity index (χ2v) is 2.35. The summed E-state index contributed by atoms with van der Waals surface area (Å²) in [5, 5.41) is 0. The Labute approximate surface area is 65.4 Å². The van der Waals surface area contributed by atoms with Crippen molar-refractivity contribution in [1.82, 2.24) is 0 Å². The number of rotatable bonds is 3. The average molecular weight is 159 g/mol. The van der Waals surface area contributed by atoms with Crippen LogP contribution < -0.4 is 0 Å². The average Bonchev–Trinajstić information content (AvgIpc) is 1.82. The Morgan fingerprint density at radius 2 is 2.22 bits per heavy atom. The summed E-state index contributed by atoms with van der Waals surface area (Å²) < 4.78 is 0. The van der Waals surface area contributed by atoms with E-state index in [0.717, 1.165) is 5.71 Å². The first kappa shape index (κ1) is 8.86. The molecule has 0 saturated carbocycles. The summed E-state index contributed by atoms with van der Waals surface area (Å²) in [6.07, 6.45) is 1.54. The van der Waals surface area contributed by atoms with E-state index >= 15 is 0 Å². The summed E-state index contributed by atoms with van der Waals surface area (Å²) in [6.45, 7) is 9.39. The molecule has 0 saturated heterocycles. The second-order valence-electron chi connectivity index (χ2n) is 1.99. The fourth-order valence-electron chi connectivity index (χ4n) is 0.451. The Morgan fingerprint density at radius 1 is 1.67 bits per heavy atom. The van der Waals surface area contributed by atoms with E-state index in [1.54, 1.807) is 4.85 Å². The molecule has 0 unspecified atom stereocenters. The molecular weight excluding hydrogens is 149 g/mol. The van der Waals surface area contributed by atoms with Crippen molar-refractivity contribution in [3.05, 3.63) is 12.7 Å². The maximum atomic E-state index is 5.28. The minimum atomic E-state index is 0.412. The summed E-state index contributed by atoms with van der Waals surface area (Å²) in [7, 11) is 0. The maximum absolute atomic E-state index is 5.28. The molecule has 0 aromatic rings. The topological polar surface area (TPSA) is 12.4 Å². The monoisotopic (exact) mass is 159 g/mol. The number of nitrogens with zero attached hydrogens (tertiary/aromatic N) is 1. The standard InChI is InChI=1S/C7H10N.V/c1-5-7(8-4)6(2)3;/h1,4-6H,2-3H3;/q-1;. The molecule has 1 nitrogen and oxygen atoms in total. The quantitative estimate of drug-likeness (QED) is 0.435. The molecule has 49 valence electrons. The van der Waals surface area contributed by atoms with Crippen LogP contribution in [0.15, 0.2) is 11.1 Å². The van der Waals surface area contributed by atoms with Crippen LogP contribution in [-0.4, -0.2) is 10.6 Å². The van der Waals surface area contributed by atoms with Gasteiger partial charge < -0.3 is 0 Å². The summed E-state index contributed by atoms with van der Waals surface area (Å²) in [4.78, 5) is 5.71. The van der Waals surface area contributed by atoms with Gasteiger partial charge in [0.2, 0.25) is 0 Å². The normalized spacial score (nSPS) is 11.6. The molecule has 2 heteroatoms. The van der Waals surface area contributed by atoms with Gasteiger partial charge in [-0.15, -0.1) is 0 Å². The van der Waals surface area contributed by atoms with Gasteiger partial charge in [0.25, 0.3) is 0 Å². The number of hydrogen-bond donors (Lipinski definition) is 0. The molecule has 0 aliphatic rings. The van der Waals surface area contributed by atoms with Gasteiger partial charge in [0.15, 0.2) is 0 Å². The molecule has 9 heavy (non-hydrogen) atoms. The van der Waals surface area contributed by atoms with Gasteiger partial charge in [0.1, 0.15) is 0 Å². The van der Waals surface area contributed by atoms with E-state index in [1.807, 2.05) is 0 Å². The SMILES string of the molecule is [CH-]=CC(=N[CH]=[V])C(C)C. The minimum absolute atomic E-state index is 0.412.